The first kappa shape index (κ1) is 21.3. The summed E-state index contributed by atoms with van der Waals surface area (Å²) in [7, 11) is -1.53. The summed E-state index contributed by atoms with van der Waals surface area (Å²) in [5.74, 6) is 1.77. The van der Waals surface area contributed by atoms with Crippen molar-refractivity contribution in [1.82, 2.24) is 14.5 Å². The summed E-state index contributed by atoms with van der Waals surface area (Å²) in [6.45, 7) is 4.49. The van der Waals surface area contributed by atoms with Crippen LogP contribution in [0.5, 0.6) is 0 Å². The minimum atomic E-state index is -3.30. The Kier molecular flexibility index (Phi) is 6.97. The molecular weight excluding hydrogens is 386 g/mol. The third-order valence-corrected chi connectivity index (χ3v) is 8.68. The fourth-order valence-electron chi connectivity index (χ4n) is 5.15. The second-order valence-electron chi connectivity index (χ2n) is 9.57. The number of aromatic nitrogens is 2. The average molecular weight is 424 g/mol. The molecule has 2 saturated carbocycles. The van der Waals surface area contributed by atoms with Gasteiger partial charge in [-0.1, -0.05) is 19.3 Å². The van der Waals surface area contributed by atoms with Crippen LogP contribution < -0.4 is 0 Å². The van der Waals surface area contributed by atoms with E-state index in [4.69, 9.17) is 4.74 Å². The van der Waals surface area contributed by atoms with Crippen molar-refractivity contribution in [3.05, 3.63) is 11.9 Å². The highest BCUT2D eigenvalue weighted by atomic mass is 32.2. The molecule has 3 fully saturated rings. The molecule has 29 heavy (non-hydrogen) atoms. The monoisotopic (exact) mass is 423 g/mol. The van der Waals surface area contributed by atoms with Crippen molar-refractivity contribution in [2.24, 2.45) is 17.8 Å². The first-order valence-electron chi connectivity index (χ1n) is 11.5. The fourth-order valence-corrected chi connectivity index (χ4v) is 7.00. The highest BCUT2D eigenvalue weighted by molar-refractivity contribution is 7.91. The zero-order valence-electron chi connectivity index (χ0n) is 17.9. The number of imidazole rings is 1. The summed E-state index contributed by atoms with van der Waals surface area (Å²) in [5.41, 5.74) is 1.07. The molecule has 1 saturated heterocycles. The molecule has 3 aliphatic rings. The number of rotatable bonds is 9. The van der Waals surface area contributed by atoms with E-state index in [1.54, 1.807) is 7.11 Å². The molecule has 1 atom stereocenters. The van der Waals surface area contributed by atoms with E-state index in [2.05, 4.69) is 14.5 Å². The van der Waals surface area contributed by atoms with Crippen molar-refractivity contribution in [2.45, 2.75) is 76.0 Å². The molecule has 2 aliphatic carbocycles. The van der Waals surface area contributed by atoms with E-state index in [0.717, 1.165) is 51.3 Å². The van der Waals surface area contributed by atoms with Crippen LogP contribution in [-0.4, -0.2) is 55.4 Å². The molecule has 164 valence electrons. The van der Waals surface area contributed by atoms with Crippen LogP contribution >= 0.6 is 0 Å². The first-order chi connectivity index (χ1) is 14.0. The van der Waals surface area contributed by atoms with Gasteiger partial charge in [0.25, 0.3) is 0 Å². The minimum absolute atomic E-state index is 0.272. The van der Waals surface area contributed by atoms with Gasteiger partial charge in [-0.05, 0) is 62.8 Å². The molecule has 4 rings (SSSR count). The van der Waals surface area contributed by atoms with Gasteiger partial charge in [-0.25, -0.2) is 13.4 Å². The number of hydrogen-bond acceptors (Lipinski definition) is 5. The molecule has 0 aromatic carbocycles. The number of likely N-dealkylation sites (tertiary alicyclic amines) is 1. The summed E-state index contributed by atoms with van der Waals surface area (Å²) < 4.78 is 33.6. The van der Waals surface area contributed by atoms with Crippen LogP contribution in [0.2, 0.25) is 0 Å². The Hall–Kier alpha value is -0.920. The van der Waals surface area contributed by atoms with Crippen molar-refractivity contribution in [3.8, 4) is 0 Å². The van der Waals surface area contributed by atoms with E-state index >= 15 is 0 Å². The average Bonchev–Trinajstić information content (AvgIpc) is 3.42. The molecule has 0 radical (unpaired) electrons. The lowest BCUT2D eigenvalue weighted by molar-refractivity contribution is 0.0859. The van der Waals surface area contributed by atoms with E-state index in [1.165, 1.54) is 44.9 Å². The summed E-state index contributed by atoms with van der Waals surface area (Å²) in [4.78, 5) is 6.94. The predicted molar refractivity (Wildman–Crippen MR) is 113 cm³/mol. The first-order valence-corrected chi connectivity index (χ1v) is 13.2. The van der Waals surface area contributed by atoms with Crippen LogP contribution in [-0.2, 0) is 27.7 Å². The van der Waals surface area contributed by atoms with Gasteiger partial charge in [-0.15, -0.1) is 0 Å². The van der Waals surface area contributed by atoms with E-state index in [0.29, 0.717) is 22.9 Å². The lowest BCUT2D eigenvalue weighted by Crippen LogP contribution is -2.37. The number of nitrogens with zero attached hydrogens (tertiary/aromatic N) is 3. The van der Waals surface area contributed by atoms with Gasteiger partial charge in [0.05, 0.1) is 24.3 Å². The highest BCUT2D eigenvalue weighted by Gasteiger charge is 2.33. The maximum atomic E-state index is 13.1. The van der Waals surface area contributed by atoms with Crippen LogP contribution in [0.1, 0.15) is 63.5 Å². The van der Waals surface area contributed by atoms with Gasteiger partial charge in [-0.3, -0.25) is 4.90 Å². The molecule has 0 bridgehead atoms. The van der Waals surface area contributed by atoms with E-state index in [9.17, 15) is 8.42 Å². The second kappa shape index (κ2) is 9.48. The van der Waals surface area contributed by atoms with Gasteiger partial charge in [0.2, 0.25) is 15.0 Å². The maximum absolute atomic E-state index is 13.1. The number of hydrogen-bond donors (Lipinski definition) is 0. The van der Waals surface area contributed by atoms with Crippen molar-refractivity contribution < 1.29 is 13.2 Å². The molecule has 1 aliphatic heterocycles. The topological polar surface area (TPSA) is 64.4 Å². The fraction of sp³-hybridized carbons (Fsp3) is 0.864. The van der Waals surface area contributed by atoms with Gasteiger partial charge >= 0.3 is 0 Å². The quantitative estimate of drug-likeness (QED) is 0.608. The van der Waals surface area contributed by atoms with E-state index in [1.807, 2.05) is 6.20 Å². The van der Waals surface area contributed by atoms with Crippen LogP contribution in [0.3, 0.4) is 0 Å². The largest absolute Gasteiger partial charge is 0.384 e. The van der Waals surface area contributed by atoms with E-state index in [-0.39, 0.29) is 5.75 Å². The summed E-state index contributed by atoms with van der Waals surface area (Å²) in [6, 6.07) is 0. The molecule has 1 aromatic rings. The summed E-state index contributed by atoms with van der Waals surface area (Å²) >= 11 is 0. The Balaban J connectivity index is 1.53. The third kappa shape index (κ3) is 5.61. The molecule has 0 spiro atoms. The van der Waals surface area contributed by atoms with Crippen molar-refractivity contribution in [1.29, 1.82) is 0 Å². The van der Waals surface area contributed by atoms with Crippen LogP contribution in [0, 0.1) is 17.8 Å². The molecule has 0 amide bonds. The summed E-state index contributed by atoms with van der Waals surface area (Å²) in [5, 5.41) is 0.329. The lowest BCUT2D eigenvalue weighted by atomic mass is 9.89. The van der Waals surface area contributed by atoms with Gasteiger partial charge in [0.1, 0.15) is 0 Å². The zero-order chi connectivity index (χ0) is 20.3. The Labute approximate surface area is 175 Å². The van der Waals surface area contributed by atoms with Gasteiger partial charge in [-0.2, -0.15) is 0 Å². The van der Waals surface area contributed by atoms with Crippen molar-refractivity contribution >= 4 is 9.84 Å². The van der Waals surface area contributed by atoms with Crippen molar-refractivity contribution in [2.75, 3.05) is 32.6 Å². The van der Waals surface area contributed by atoms with Gasteiger partial charge in [0.15, 0.2) is 0 Å². The second-order valence-corrected chi connectivity index (χ2v) is 11.5. The Morgan fingerprint density at radius 3 is 2.52 bits per heavy atom. The third-order valence-electron chi connectivity index (χ3n) is 6.89. The molecule has 6 nitrogen and oxygen atoms in total. The normalized spacial score (nSPS) is 24.8. The number of sulfone groups is 1. The number of piperidine rings is 1. The SMILES string of the molecule is COCC1CCCN(Cc2cnc(S(=O)(=O)CC3CC3)n2CC2CCCCC2)C1. The zero-order valence-corrected chi connectivity index (χ0v) is 18.7. The highest BCUT2D eigenvalue weighted by Crippen LogP contribution is 2.33. The maximum Gasteiger partial charge on any atom is 0.227 e. The van der Waals surface area contributed by atoms with E-state index < -0.39 is 9.84 Å². The lowest BCUT2D eigenvalue weighted by Gasteiger charge is -2.32. The number of methoxy groups -OCH3 is 1. The molecule has 1 aromatic heterocycles. The molecule has 0 N–H and O–H groups in total. The predicted octanol–water partition coefficient (Wildman–Crippen LogP) is 3.51. The van der Waals surface area contributed by atoms with Gasteiger partial charge < -0.3 is 9.30 Å². The van der Waals surface area contributed by atoms with Crippen LogP contribution in [0.4, 0.5) is 0 Å². The molecule has 7 heteroatoms. The molecule has 2 heterocycles. The Morgan fingerprint density at radius 2 is 1.79 bits per heavy atom. The van der Waals surface area contributed by atoms with Gasteiger partial charge in [0, 0.05) is 26.7 Å². The summed E-state index contributed by atoms with van der Waals surface area (Å²) in [6.07, 6.45) is 12.6. The molecular formula is C22H37N3O3S. The Morgan fingerprint density at radius 1 is 1.03 bits per heavy atom. The molecule has 1 unspecified atom stereocenters. The minimum Gasteiger partial charge on any atom is -0.384 e. The smallest absolute Gasteiger partial charge is 0.227 e. The standard InChI is InChI=1S/C22H37N3O3S/c1-28-16-20-8-5-11-24(13-20)15-21-12-23-22(29(26,27)17-19-9-10-19)25(21)14-18-6-3-2-4-7-18/h12,18-20H,2-11,13-17H2,1H3. The van der Waals surface area contributed by atoms with Crippen LogP contribution in [0.15, 0.2) is 11.4 Å². The number of ether oxygens (including phenoxy) is 1. The Bertz CT molecular complexity index is 764. The van der Waals surface area contributed by atoms with Crippen LogP contribution in [0.25, 0.3) is 0 Å². The van der Waals surface area contributed by atoms with Crippen molar-refractivity contribution in [3.63, 3.8) is 0 Å².